The molecule has 1 aromatic heterocycles. The summed E-state index contributed by atoms with van der Waals surface area (Å²) >= 11 is 0. The number of fused-ring (bicyclic) bond motifs is 1. The third-order valence-corrected chi connectivity index (χ3v) is 5.90. The lowest BCUT2D eigenvalue weighted by molar-refractivity contribution is -0.148. The zero-order valence-corrected chi connectivity index (χ0v) is 19.0. The molecule has 1 unspecified atom stereocenters. The van der Waals surface area contributed by atoms with Crippen LogP contribution in [0.4, 0.5) is 0 Å². The number of oxime groups is 1. The van der Waals surface area contributed by atoms with Gasteiger partial charge in [-0.1, -0.05) is 23.4 Å². The number of likely N-dealkylation sites (tertiary alicyclic amines) is 1. The van der Waals surface area contributed by atoms with Crippen molar-refractivity contribution in [3.05, 3.63) is 59.9 Å². The molecule has 1 fully saturated rings. The Labute approximate surface area is 188 Å². The highest BCUT2D eigenvalue weighted by Gasteiger charge is 2.19. The lowest BCUT2D eigenvalue weighted by atomic mass is 9.90. The van der Waals surface area contributed by atoms with Gasteiger partial charge in [-0.3, -0.25) is 4.57 Å². The molecule has 0 bridgehead atoms. The van der Waals surface area contributed by atoms with Gasteiger partial charge in [-0.25, -0.2) is 9.78 Å². The molecule has 0 saturated carbocycles. The molecule has 2 heterocycles. The van der Waals surface area contributed by atoms with Crippen LogP contribution in [-0.2, 0) is 14.4 Å². The van der Waals surface area contributed by atoms with Crippen LogP contribution in [0.15, 0.2) is 53.9 Å². The largest absolute Gasteiger partial charge is 0.463 e. The summed E-state index contributed by atoms with van der Waals surface area (Å²) < 4.78 is 6.96. The summed E-state index contributed by atoms with van der Waals surface area (Å²) in [6.45, 7) is 6.01. The van der Waals surface area contributed by atoms with E-state index >= 15 is 0 Å². The molecule has 1 aliphatic heterocycles. The van der Waals surface area contributed by atoms with E-state index in [-0.39, 0.29) is 6.61 Å². The molecule has 0 spiro atoms. The first-order valence-electron chi connectivity index (χ1n) is 11.1. The molecule has 7 nitrogen and oxygen atoms in total. The fourth-order valence-electron chi connectivity index (χ4n) is 4.25. The number of benzene rings is 2. The normalized spacial score (nSPS) is 17.5. The van der Waals surface area contributed by atoms with Crippen LogP contribution in [0.5, 0.6) is 0 Å². The van der Waals surface area contributed by atoms with E-state index in [1.54, 1.807) is 6.92 Å². The number of rotatable bonds is 7. The van der Waals surface area contributed by atoms with Crippen molar-refractivity contribution in [3.63, 3.8) is 0 Å². The Morgan fingerprint density at radius 1 is 1.25 bits per heavy atom. The molecule has 1 aliphatic rings. The molecule has 32 heavy (non-hydrogen) atoms. The molecular formula is C25H30N4O3. The van der Waals surface area contributed by atoms with Gasteiger partial charge in [0.05, 0.1) is 23.4 Å². The Balaban J connectivity index is 1.53. The zero-order chi connectivity index (χ0) is 22.5. The van der Waals surface area contributed by atoms with Crippen molar-refractivity contribution in [2.75, 3.05) is 33.4 Å². The number of hydrogen-bond donors (Lipinski definition) is 0. The van der Waals surface area contributed by atoms with E-state index in [4.69, 9.17) is 9.57 Å². The minimum atomic E-state index is -0.430. The maximum Gasteiger partial charge on any atom is 0.347 e. The monoisotopic (exact) mass is 434 g/mol. The molecule has 0 aliphatic carbocycles. The minimum Gasteiger partial charge on any atom is -0.463 e. The number of carbonyl (C=O) groups is 1. The summed E-state index contributed by atoms with van der Waals surface area (Å²) in [6, 6.07) is 14.8. The van der Waals surface area contributed by atoms with E-state index in [2.05, 4.69) is 50.9 Å². The van der Waals surface area contributed by atoms with Gasteiger partial charge in [0, 0.05) is 17.8 Å². The van der Waals surface area contributed by atoms with Crippen molar-refractivity contribution >= 4 is 22.7 Å². The fraction of sp³-hybridized carbons (Fsp3) is 0.400. The predicted octanol–water partition coefficient (Wildman–Crippen LogP) is 4.14. The van der Waals surface area contributed by atoms with Crippen molar-refractivity contribution in [1.82, 2.24) is 14.5 Å². The van der Waals surface area contributed by atoms with E-state index in [0.29, 0.717) is 18.2 Å². The number of likely N-dealkylation sites (N-methyl/N-ethyl adjacent to an activating group) is 1. The van der Waals surface area contributed by atoms with Crippen LogP contribution in [0.2, 0.25) is 0 Å². The highest BCUT2D eigenvalue weighted by atomic mass is 16.7. The summed E-state index contributed by atoms with van der Waals surface area (Å²) in [4.78, 5) is 23.5. The highest BCUT2D eigenvalue weighted by molar-refractivity contribution is 6.01. The summed E-state index contributed by atoms with van der Waals surface area (Å²) in [7, 11) is 2.20. The summed E-state index contributed by atoms with van der Waals surface area (Å²) in [5, 5.41) is 4.04. The van der Waals surface area contributed by atoms with Crippen LogP contribution in [0.3, 0.4) is 0 Å². The standard InChI is InChI=1S/C25H30N4O3/c1-4-31-25(30)16-32-27-18(2)19-10-11-24-23(14-19)26-17-29(24)22-9-5-7-20(13-22)21-8-6-12-28(3)15-21/h5,7,9-11,13-14,17,21H,4,6,8,12,15-16H2,1-3H3. The number of ether oxygens (including phenoxy) is 1. The molecule has 7 heteroatoms. The molecule has 1 saturated heterocycles. The Hall–Kier alpha value is -3.19. The van der Waals surface area contributed by atoms with Crippen molar-refractivity contribution in [1.29, 1.82) is 0 Å². The van der Waals surface area contributed by atoms with E-state index in [1.165, 1.54) is 24.9 Å². The second-order valence-electron chi connectivity index (χ2n) is 8.27. The van der Waals surface area contributed by atoms with Crippen molar-refractivity contribution < 1.29 is 14.4 Å². The van der Waals surface area contributed by atoms with Gasteiger partial charge in [-0.2, -0.15) is 0 Å². The number of imidazole rings is 1. The average molecular weight is 435 g/mol. The SMILES string of the molecule is CCOC(=O)CON=C(C)c1ccc2c(c1)ncn2-c1cccc(C2CCCN(C)C2)c1. The van der Waals surface area contributed by atoms with E-state index < -0.39 is 5.97 Å². The maximum absolute atomic E-state index is 11.4. The molecule has 0 amide bonds. The van der Waals surface area contributed by atoms with Crippen LogP contribution in [0.25, 0.3) is 16.7 Å². The van der Waals surface area contributed by atoms with Gasteiger partial charge < -0.3 is 14.5 Å². The van der Waals surface area contributed by atoms with E-state index in [1.807, 2.05) is 31.5 Å². The number of esters is 1. The average Bonchev–Trinajstić information content (AvgIpc) is 3.22. The molecule has 0 N–H and O–H groups in total. The lowest BCUT2D eigenvalue weighted by Gasteiger charge is -2.30. The topological polar surface area (TPSA) is 69.0 Å². The van der Waals surface area contributed by atoms with Crippen LogP contribution in [-0.4, -0.2) is 59.5 Å². The van der Waals surface area contributed by atoms with Gasteiger partial charge in [0.25, 0.3) is 0 Å². The van der Waals surface area contributed by atoms with Crippen LogP contribution < -0.4 is 0 Å². The maximum atomic E-state index is 11.4. The van der Waals surface area contributed by atoms with Crippen LogP contribution in [0.1, 0.15) is 43.7 Å². The predicted molar refractivity (Wildman–Crippen MR) is 125 cm³/mol. The number of carbonyl (C=O) groups excluding carboxylic acids is 1. The molecule has 0 radical (unpaired) electrons. The van der Waals surface area contributed by atoms with Gasteiger partial charge in [0.2, 0.25) is 6.61 Å². The first-order chi connectivity index (χ1) is 15.5. The smallest absolute Gasteiger partial charge is 0.347 e. The van der Waals surface area contributed by atoms with Crippen molar-refractivity contribution in [2.24, 2.45) is 5.16 Å². The number of nitrogens with zero attached hydrogens (tertiary/aromatic N) is 4. The molecular weight excluding hydrogens is 404 g/mol. The Kier molecular flexibility index (Phi) is 6.85. The van der Waals surface area contributed by atoms with E-state index in [9.17, 15) is 4.79 Å². The number of hydrogen-bond acceptors (Lipinski definition) is 6. The second-order valence-corrected chi connectivity index (χ2v) is 8.27. The van der Waals surface area contributed by atoms with Crippen molar-refractivity contribution in [3.8, 4) is 5.69 Å². The zero-order valence-electron chi connectivity index (χ0n) is 19.0. The fourth-order valence-corrected chi connectivity index (χ4v) is 4.25. The van der Waals surface area contributed by atoms with Crippen molar-refractivity contribution in [2.45, 2.75) is 32.6 Å². The minimum absolute atomic E-state index is 0.199. The van der Waals surface area contributed by atoms with E-state index in [0.717, 1.165) is 28.8 Å². The lowest BCUT2D eigenvalue weighted by Crippen LogP contribution is -2.30. The third-order valence-electron chi connectivity index (χ3n) is 5.90. The van der Waals surface area contributed by atoms with Crippen LogP contribution >= 0.6 is 0 Å². The van der Waals surface area contributed by atoms with Gasteiger partial charge in [0.15, 0.2) is 0 Å². The highest BCUT2D eigenvalue weighted by Crippen LogP contribution is 2.28. The van der Waals surface area contributed by atoms with Gasteiger partial charge in [-0.15, -0.1) is 0 Å². The second kappa shape index (κ2) is 9.96. The quantitative estimate of drug-likeness (QED) is 0.318. The molecule has 168 valence electrons. The summed E-state index contributed by atoms with van der Waals surface area (Å²) in [5.74, 6) is 0.143. The van der Waals surface area contributed by atoms with Gasteiger partial charge >= 0.3 is 5.97 Å². The summed E-state index contributed by atoms with van der Waals surface area (Å²) in [6.07, 6.45) is 4.34. The first kappa shape index (κ1) is 22.0. The summed E-state index contributed by atoms with van der Waals surface area (Å²) in [5.41, 5.74) is 5.99. The molecule has 4 rings (SSSR count). The first-order valence-corrected chi connectivity index (χ1v) is 11.1. The number of aromatic nitrogens is 2. The Morgan fingerprint density at radius 2 is 2.12 bits per heavy atom. The van der Waals surface area contributed by atoms with Gasteiger partial charge in [-0.05, 0) is 76.0 Å². The molecule has 1 atom stereocenters. The van der Waals surface area contributed by atoms with Crippen LogP contribution in [0, 0.1) is 0 Å². The molecule has 2 aromatic carbocycles. The molecule has 3 aromatic rings. The third kappa shape index (κ3) is 4.99. The Morgan fingerprint density at radius 3 is 2.94 bits per heavy atom. The van der Waals surface area contributed by atoms with Gasteiger partial charge in [0.1, 0.15) is 6.33 Å². The number of piperidine rings is 1. The Bertz CT molecular complexity index is 1120.